The molecule has 10 nitrogen and oxygen atoms in total. The van der Waals surface area contributed by atoms with Crippen molar-refractivity contribution in [2.45, 2.75) is 25.3 Å². The van der Waals surface area contributed by atoms with Gasteiger partial charge in [0.25, 0.3) is 0 Å². The summed E-state index contributed by atoms with van der Waals surface area (Å²) in [7, 11) is 0. The van der Waals surface area contributed by atoms with Crippen LogP contribution in [0.5, 0.6) is 0 Å². The van der Waals surface area contributed by atoms with Crippen molar-refractivity contribution in [2.24, 2.45) is 5.92 Å². The largest absolute Gasteiger partial charge is 0.354 e. The molecule has 32 heavy (non-hydrogen) atoms. The average molecular weight is 436 g/mol. The van der Waals surface area contributed by atoms with Crippen LogP contribution in [-0.4, -0.2) is 60.6 Å². The van der Waals surface area contributed by atoms with Gasteiger partial charge in [-0.1, -0.05) is 0 Å². The molecule has 0 radical (unpaired) electrons. The summed E-state index contributed by atoms with van der Waals surface area (Å²) in [6.07, 6.45) is 12.4. The maximum atomic E-state index is 14.5. The molecule has 2 saturated heterocycles. The quantitative estimate of drug-likeness (QED) is 0.606. The van der Waals surface area contributed by atoms with Crippen molar-refractivity contribution in [3.8, 4) is 11.4 Å². The fraction of sp³-hybridized carbons (Fsp3) is 0.381. The van der Waals surface area contributed by atoms with Gasteiger partial charge in [0.05, 0.1) is 30.3 Å². The van der Waals surface area contributed by atoms with Gasteiger partial charge in [-0.15, -0.1) is 0 Å². The Labute approximate surface area is 183 Å². The van der Waals surface area contributed by atoms with Crippen LogP contribution in [0.4, 0.5) is 10.2 Å². The van der Waals surface area contributed by atoms with Gasteiger partial charge in [-0.2, -0.15) is 0 Å². The minimum Gasteiger partial charge on any atom is -0.354 e. The van der Waals surface area contributed by atoms with E-state index < -0.39 is 5.82 Å². The highest BCUT2D eigenvalue weighted by molar-refractivity contribution is 5.78. The zero-order valence-electron chi connectivity index (χ0n) is 17.2. The average Bonchev–Trinajstić information content (AvgIpc) is 3.35. The van der Waals surface area contributed by atoms with Crippen LogP contribution in [0.15, 0.2) is 43.5 Å². The first-order valence-electron chi connectivity index (χ1n) is 10.5. The van der Waals surface area contributed by atoms with Crippen molar-refractivity contribution in [3.63, 3.8) is 0 Å². The standard InChI is InChI=1S/C21H21FN8O2/c22-16-11-27-19(15-9-24-13-25-10-15)28-20(16)29-6-1-14(2-7-29)21(31)30-18(3-8-32-30)17-12-23-4-5-26-17/h4-5,9-14,18H,1-3,6-8H2/t18-/m0/s1. The molecule has 0 N–H and O–H groups in total. The Balaban J connectivity index is 1.27. The van der Waals surface area contributed by atoms with Gasteiger partial charge in [0.1, 0.15) is 12.4 Å². The molecule has 11 heteroatoms. The molecule has 0 aliphatic carbocycles. The van der Waals surface area contributed by atoms with Crippen molar-refractivity contribution in [1.29, 1.82) is 0 Å². The minimum absolute atomic E-state index is 0.0666. The molecule has 0 aromatic carbocycles. The minimum atomic E-state index is -0.499. The highest BCUT2D eigenvalue weighted by atomic mass is 19.1. The van der Waals surface area contributed by atoms with Crippen LogP contribution in [0.3, 0.4) is 0 Å². The maximum absolute atomic E-state index is 14.5. The third-order valence-electron chi connectivity index (χ3n) is 5.73. The monoisotopic (exact) mass is 436 g/mol. The maximum Gasteiger partial charge on any atom is 0.250 e. The van der Waals surface area contributed by atoms with Gasteiger partial charge in [-0.3, -0.25) is 19.6 Å². The van der Waals surface area contributed by atoms with Gasteiger partial charge >= 0.3 is 0 Å². The molecular formula is C21H21FN8O2. The number of amides is 1. The molecule has 0 saturated carbocycles. The molecule has 3 aromatic heterocycles. The first-order chi connectivity index (χ1) is 15.7. The Morgan fingerprint density at radius 3 is 2.56 bits per heavy atom. The van der Waals surface area contributed by atoms with Crippen molar-refractivity contribution >= 4 is 11.7 Å². The van der Waals surface area contributed by atoms with E-state index in [0.717, 1.165) is 11.9 Å². The fourth-order valence-electron chi connectivity index (χ4n) is 4.09. The van der Waals surface area contributed by atoms with Crippen LogP contribution >= 0.6 is 0 Å². The molecule has 5 rings (SSSR count). The molecule has 0 spiro atoms. The molecule has 2 aliphatic heterocycles. The number of hydrogen-bond acceptors (Lipinski definition) is 9. The predicted octanol–water partition coefficient (Wildman–Crippen LogP) is 1.98. The Morgan fingerprint density at radius 1 is 1.00 bits per heavy atom. The summed E-state index contributed by atoms with van der Waals surface area (Å²) in [5, 5.41) is 1.45. The topological polar surface area (TPSA) is 110 Å². The van der Waals surface area contributed by atoms with Crippen molar-refractivity contribution < 1.29 is 14.0 Å². The molecule has 1 amide bonds. The van der Waals surface area contributed by atoms with E-state index in [0.29, 0.717) is 50.3 Å². The van der Waals surface area contributed by atoms with Gasteiger partial charge in [-0.05, 0) is 12.8 Å². The zero-order chi connectivity index (χ0) is 21.9. The summed E-state index contributed by atoms with van der Waals surface area (Å²) in [5.74, 6) is -0.198. The first-order valence-corrected chi connectivity index (χ1v) is 10.5. The number of carbonyl (C=O) groups is 1. The van der Waals surface area contributed by atoms with Crippen LogP contribution in [0.25, 0.3) is 11.4 Å². The number of halogens is 1. The molecule has 5 heterocycles. The second kappa shape index (κ2) is 8.87. The Morgan fingerprint density at radius 2 is 1.81 bits per heavy atom. The summed E-state index contributed by atoms with van der Waals surface area (Å²) < 4.78 is 14.5. The lowest BCUT2D eigenvalue weighted by Gasteiger charge is -2.34. The fourth-order valence-corrected chi connectivity index (χ4v) is 4.09. The molecular weight excluding hydrogens is 415 g/mol. The van der Waals surface area contributed by atoms with E-state index in [-0.39, 0.29) is 23.7 Å². The second-order valence-electron chi connectivity index (χ2n) is 7.69. The van der Waals surface area contributed by atoms with E-state index in [1.807, 2.05) is 4.90 Å². The van der Waals surface area contributed by atoms with E-state index in [1.54, 1.807) is 31.0 Å². The van der Waals surface area contributed by atoms with Gasteiger partial charge in [0.15, 0.2) is 17.5 Å². The summed E-state index contributed by atoms with van der Waals surface area (Å²) >= 11 is 0. The molecule has 1 atom stereocenters. The van der Waals surface area contributed by atoms with Crippen LogP contribution in [0.1, 0.15) is 31.0 Å². The molecule has 2 aliphatic rings. The van der Waals surface area contributed by atoms with E-state index in [9.17, 15) is 9.18 Å². The van der Waals surface area contributed by atoms with Crippen LogP contribution in [0.2, 0.25) is 0 Å². The first kappa shape index (κ1) is 20.3. The Kier molecular flexibility index (Phi) is 5.63. The van der Waals surface area contributed by atoms with Crippen molar-refractivity contribution in [3.05, 3.63) is 55.0 Å². The predicted molar refractivity (Wildman–Crippen MR) is 110 cm³/mol. The number of carbonyl (C=O) groups excluding carboxylic acids is 1. The molecule has 164 valence electrons. The summed E-state index contributed by atoms with van der Waals surface area (Å²) in [6.45, 7) is 1.46. The van der Waals surface area contributed by atoms with Gasteiger partial charge in [0.2, 0.25) is 5.91 Å². The molecule has 0 bridgehead atoms. The summed E-state index contributed by atoms with van der Waals surface area (Å²) in [4.78, 5) is 45.4. The lowest BCUT2D eigenvalue weighted by atomic mass is 9.95. The highest BCUT2D eigenvalue weighted by Crippen LogP contribution is 2.33. The summed E-state index contributed by atoms with van der Waals surface area (Å²) in [5.41, 5.74) is 1.33. The van der Waals surface area contributed by atoms with Gasteiger partial charge in [0, 0.05) is 50.2 Å². The van der Waals surface area contributed by atoms with Crippen molar-refractivity contribution in [2.75, 3.05) is 24.6 Å². The molecule has 2 fully saturated rings. The lowest BCUT2D eigenvalue weighted by Crippen LogP contribution is -2.42. The smallest absolute Gasteiger partial charge is 0.250 e. The third-order valence-corrected chi connectivity index (χ3v) is 5.73. The normalized spacial score (nSPS) is 19.3. The van der Waals surface area contributed by atoms with Crippen molar-refractivity contribution in [1.82, 2.24) is 35.0 Å². The SMILES string of the molecule is O=C(C1CCN(c2nc(-c3cncnc3)ncc2F)CC1)N1OCC[C@H]1c1cnccn1. The molecule has 0 unspecified atom stereocenters. The molecule has 3 aromatic rings. The van der Waals surface area contributed by atoms with Crippen LogP contribution in [-0.2, 0) is 9.63 Å². The van der Waals surface area contributed by atoms with E-state index >= 15 is 0 Å². The Bertz CT molecular complexity index is 1080. The lowest BCUT2D eigenvalue weighted by molar-refractivity contribution is -0.182. The number of nitrogens with zero attached hydrogens (tertiary/aromatic N) is 8. The number of anilines is 1. The number of hydrogen-bond donors (Lipinski definition) is 0. The number of hydroxylamine groups is 2. The Hall–Kier alpha value is -3.60. The summed E-state index contributed by atoms with van der Waals surface area (Å²) in [6, 6.07) is -0.232. The van der Waals surface area contributed by atoms with Gasteiger partial charge < -0.3 is 4.90 Å². The van der Waals surface area contributed by atoms with Crippen LogP contribution in [0, 0.1) is 11.7 Å². The third kappa shape index (κ3) is 3.98. The number of aromatic nitrogens is 6. The van der Waals surface area contributed by atoms with E-state index in [1.165, 1.54) is 11.4 Å². The van der Waals surface area contributed by atoms with E-state index in [2.05, 4.69) is 29.9 Å². The number of rotatable bonds is 4. The number of piperidine rings is 1. The van der Waals surface area contributed by atoms with E-state index in [4.69, 9.17) is 4.84 Å². The zero-order valence-corrected chi connectivity index (χ0v) is 17.2. The highest BCUT2D eigenvalue weighted by Gasteiger charge is 2.38. The second-order valence-corrected chi connectivity index (χ2v) is 7.69. The van der Waals surface area contributed by atoms with Crippen LogP contribution < -0.4 is 4.90 Å². The van der Waals surface area contributed by atoms with Gasteiger partial charge in [-0.25, -0.2) is 29.4 Å².